The van der Waals surface area contributed by atoms with Gasteiger partial charge < -0.3 is 5.73 Å². The fourth-order valence-corrected chi connectivity index (χ4v) is 2.68. The van der Waals surface area contributed by atoms with Gasteiger partial charge in [-0.1, -0.05) is 41.7 Å². The van der Waals surface area contributed by atoms with Crippen LogP contribution in [-0.4, -0.2) is 6.54 Å². The highest BCUT2D eigenvalue weighted by molar-refractivity contribution is 7.98. The number of hydrogen-bond donors (Lipinski definition) is 1. The van der Waals surface area contributed by atoms with Crippen LogP contribution in [-0.2, 0) is 5.75 Å². The quantitative estimate of drug-likeness (QED) is 0.679. The lowest BCUT2D eigenvalue weighted by Gasteiger charge is -2.03. The molecule has 0 saturated heterocycles. The molecule has 0 heterocycles. The minimum atomic E-state index is 0.408. The van der Waals surface area contributed by atoms with E-state index in [-0.39, 0.29) is 0 Å². The van der Waals surface area contributed by atoms with Crippen molar-refractivity contribution in [3.63, 3.8) is 0 Å². The lowest BCUT2D eigenvalue weighted by atomic mass is 10.1. The Labute approximate surface area is 119 Å². The van der Waals surface area contributed by atoms with E-state index in [0.29, 0.717) is 6.54 Å². The summed E-state index contributed by atoms with van der Waals surface area (Å²) in [4.78, 5) is 1.31. The average Bonchev–Trinajstić information content (AvgIpc) is 2.44. The van der Waals surface area contributed by atoms with Crippen LogP contribution in [0.25, 0.3) is 0 Å². The van der Waals surface area contributed by atoms with Gasteiger partial charge in [0.15, 0.2) is 0 Å². The van der Waals surface area contributed by atoms with Crippen molar-refractivity contribution in [2.24, 2.45) is 5.73 Å². The van der Waals surface area contributed by atoms with Crippen molar-refractivity contribution < 1.29 is 0 Å². The molecule has 0 aliphatic heterocycles. The summed E-state index contributed by atoms with van der Waals surface area (Å²) in [6.07, 6.45) is 0. The Morgan fingerprint density at radius 2 is 1.89 bits per heavy atom. The first-order chi connectivity index (χ1) is 9.28. The molecule has 2 rings (SSSR count). The summed E-state index contributed by atoms with van der Waals surface area (Å²) in [5.74, 6) is 6.87. The topological polar surface area (TPSA) is 26.0 Å². The number of rotatable bonds is 3. The third-order valence-electron chi connectivity index (χ3n) is 2.68. The fourth-order valence-electron chi connectivity index (χ4n) is 1.71. The molecule has 2 N–H and O–H groups in total. The predicted octanol–water partition coefficient (Wildman–Crippen LogP) is 3.60. The molecule has 0 aromatic heterocycles. The summed E-state index contributed by atoms with van der Waals surface area (Å²) in [6, 6.07) is 16.9. The van der Waals surface area contributed by atoms with Crippen LogP contribution in [0.2, 0.25) is 0 Å². The van der Waals surface area contributed by atoms with Gasteiger partial charge in [-0.15, -0.1) is 11.8 Å². The maximum Gasteiger partial charge on any atom is 0.0555 e. The maximum atomic E-state index is 5.35. The lowest BCUT2D eigenvalue weighted by molar-refractivity contribution is 1.30. The third-order valence-corrected chi connectivity index (χ3v) is 3.75. The van der Waals surface area contributed by atoms with Crippen molar-refractivity contribution in [3.05, 3.63) is 65.2 Å². The van der Waals surface area contributed by atoms with Crippen LogP contribution in [0.4, 0.5) is 0 Å². The maximum absolute atomic E-state index is 5.35. The minimum absolute atomic E-state index is 0.408. The van der Waals surface area contributed by atoms with Gasteiger partial charge >= 0.3 is 0 Å². The van der Waals surface area contributed by atoms with Crippen LogP contribution in [0.3, 0.4) is 0 Å². The molecule has 2 aromatic rings. The minimum Gasteiger partial charge on any atom is -0.320 e. The second kappa shape index (κ2) is 7.04. The largest absolute Gasteiger partial charge is 0.320 e. The van der Waals surface area contributed by atoms with Gasteiger partial charge in [0.1, 0.15) is 0 Å². The van der Waals surface area contributed by atoms with Crippen molar-refractivity contribution in [1.29, 1.82) is 0 Å². The molecule has 0 fully saturated rings. The van der Waals surface area contributed by atoms with E-state index < -0.39 is 0 Å². The molecule has 2 heteroatoms. The normalized spacial score (nSPS) is 9.79. The molecular weight excluding hydrogens is 250 g/mol. The van der Waals surface area contributed by atoms with Crippen LogP contribution in [0.1, 0.15) is 16.7 Å². The molecular formula is C17H17NS. The van der Waals surface area contributed by atoms with E-state index in [9.17, 15) is 0 Å². The van der Waals surface area contributed by atoms with Gasteiger partial charge in [-0.25, -0.2) is 0 Å². The summed E-state index contributed by atoms with van der Waals surface area (Å²) in [7, 11) is 0. The molecule has 0 saturated carbocycles. The van der Waals surface area contributed by atoms with Gasteiger partial charge in [-0.2, -0.15) is 0 Å². The Hall–Kier alpha value is -1.69. The van der Waals surface area contributed by atoms with Crippen LogP contribution in [0.5, 0.6) is 0 Å². The molecule has 0 unspecified atom stereocenters. The smallest absolute Gasteiger partial charge is 0.0555 e. The van der Waals surface area contributed by atoms with Crippen LogP contribution in [0.15, 0.2) is 53.4 Å². The molecule has 0 bridgehead atoms. The molecule has 0 amide bonds. The highest BCUT2D eigenvalue weighted by Crippen LogP contribution is 2.23. The van der Waals surface area contributed by atoms with Crippen molar-refractivity contribution in [2.45, 2.75) is 17.6 Å². The number of aryl methyl sites for hydroxylation is 1. The zero-order valence-electron chi connectivity index (χ0n) is 11.0. The average molecular weight is 267 g/mol. The lowest BCUT2D eigenvalue weighted by Crippen LogP contribution is -1.93. The summed E-state index contributed by atoms with van der Waals surface area (Å²) in [5, 5.41) is 0. The molecule has 0 aliphatic carbocycles. The van der Waals surface area contributed by atoms with Crippen LogP contribution < -0.4 is 5.73 Å². The van der Waals surface area contributed by atoms with E-state index in [1.54, 1.807) is 0 Å². The molecule has 1 nitrogen and oxygen atoms in total. The second-order valence-electron chi connectivity index (χ2n) is 4.31. The molecule has 0 radical (unpaired) electrons. The first-order valence-electron chi connectivity index (χ1n) is 6.25. The Morgan fingerprint density at radius 3 is 2.58 bits per heavy atom. The SMILES string of the molecule is Cc1cccc(SCc2ccc(C#CCN)cc2)c1. The van der Waals surface area contributed by atoms with Crippen molar-refractivity contribution in [1.82, 2.24) is 0 Å². The van der Waals surface area contributed by atoms with Crippen molar-refractivity contribution in [3.8, 4) is 11.8 Å². The van der Waals surface area contributed by atoms with Crippen LogP contribution >= 0.6 is 11.8 Å². The van der Waals surface area contributed by atoms with Gasteiger partial charge in [0.25, 0.3) is 0 Å². The zero-order valence-corrected chi connectivity index (χ0v) is 11.8. The zero-order chi connectivity index (χ0) is 13.5. The monoisotopic (exact) mass is 267 g/mol. The predicted molar refractivity (Wildman–Crippen MR) is 83.1 cm³/mol. The van der Waals surface area contributed by atoms with Gasteiger partial charge in [-0.05, 0) is 36.8 Å². The Kier molecular flexibility index (Phi) is 5.09. The summed E-state index contributed by atoms with van der Waals surface area (Å²) >= 11 is 1.86. The second-order valence-corrected chi connectivity index (χ2v) is 5.36. The Balaban J connectivity index is 1.96. The van der Waals surface area contributed by atoms with Crippen LogP contribution in [0, 0.1) is 18.8 Å². The van der Waals surface area contributed by atoms with Gasteiger partial charge in [-0.3, -0.25) is 0 Å². The van der Waals surface area contributed by atoms with E-state index in [2.05, 4.69) is 67.3 Å². The van der Waals surface area contributed by atoms with Gasteiger partial charge in [0.2, 0.25) is 0 Å². The Bertz CT molecular complexity index is 591. The standard InChI is InChI=1S/C17H17NS/c1-14-4-2-6-17(12-14)19-13-16-9-7-15(8-10-16)5-3-11-18/h2,4,6-10,12H,11,13,18H2,1H3. The fraction of sp³-hybridized carbons (Fsp3) is 0.176. The Morgan fingerprint density at radius 1 is 1.11 bits per heavy atom. The third kappa shape index (κ3) is 4.48. The molecule has 0 atom stereocenters. The number of hydrogen-bond acceptors (Lipinski definition) is 2. The summed E-state index contributed by atoms with van der Waals surface area (Å²) < 4.78 is 0. The van der Waals surface area contributed by atoms with Crippen molar-refractivity contribution in [2.75, 3.05) is 6.54 Å². The van der Waals surface area contributed by atoms with Crippen molar-refractivity contribution >= 4 is 11.8 Å². The summed E-state index contributed by atoms with van der Waals surface area (Å²) in [5.41, 5.74) is 8.99. The first-order valence-corrected chi connectivity index (χ1v) is 7.24. The molecule has 0 aliphatic rings. The number of benzene rings is 2. The molecule has 2 aromatic carbocycles. The van der Waals surface area contributed by atoms with E-state index in [1.807, 2.05) is 11.8 Å². The highest BCUT2D eigenvalue weighted by atomic mass is 32.2. The summed E-state index contributed by atoms with van der Waals surface area (Å²) in [6.45, 7) is 2.53. The molecule has 96 valence electrons. The van der Waals surface area contributed by atoms with Gasteiger partial charge in [0, 0.05) is 16.2 Å². The van der Waals surface area contributed by atoms with Gasteiger partial charge in [0.05, 0.1) is 6.54 Å². The number of thioether (sulfide) groups is 1. The number of nitrogens with two attached hydrogens (primary N) is 1. The first kappa shape index (κ1) is 13.7. The molecule has 0 spiro atoms. The highest BCUT2D eigenvalue weighted by Gasteiger charge is 1.97. The molecule has 19 heavy (non-hydrogen) atoms. The van der Waals surface area contributed by atoms with E-state index in [4.69, 9.17) is 5.73 Å². The van der Waals surface area contributed by atoms with E-state index in [1.165, 1.54) is 16.0 Å². The van der Waals surface area contributed by atoms with E-state index >= 15 is 0 Å². The van der Waals surface area contributed by atoms with E-state index in [0.717, 1.165) is 11.3 Å².